The van der Waals surface area contributed by atoms with Crippen molar-refractivity contribution < 1.29 is 13.2 Å². The van der Waals surface area contributed by atoms with E-state index in [2.05, 4.69) is 5.32 Å². The third-order valence-corrected chi connectivity index (χ3v) is 8.91. The number of hydrogen-bond donors (Lipinski definition) is 1. The topological polar surface area (TPSA) is 66.5 Å². The minimum absolute atomic E-state index is 0.148. The van der Waals surface area contributed by atoms with Crippen LogP contribution in [0.25, 0.3) is 0 Å². The zero-order chi connectivity index (χ0) is 17.3. The van der Waals surface area contributed by atoms with Crippen LogP contribution >= 0.6 is 0 Å². The van der Waals surface area contributed by atoms with Crippen LogP contribution in [0.1, 0.15) is 65.2 Å². The van der Waals surface area contributed by atoms with Crippen LogP contribution in [-0.4, -0.2) is 54.9 Å². The second-order valence-corrected chi connectivity index (χ2v) is 10.6. The molecule has 0 aromatic rings. The standard InChI is InChI=1S/C18H32N2O3S/c1-13(2)17(24(22,23)16-6-4-3-5-7-16)18(21)20-11-10-14-8-9-15(12-20)19-14/h13-17,19H,3-12H2,1-2H3. The summed E-state index contributed by atoms with van der Waals surface area (Å²) < 4.78 is 26.4. The Balaban J connectivity index is 1.78. The molecular formula is C18H32N2O3S. The lowest BCUT2D eigenvalue weighted by Crippen LogP contribution is -2.51. The number of nitrogens with one attached hydrogen (secondary N) is 1. The summed E-state index contributed by atoms with van der Waals surface area (Å²) in [5, 5.41) is 2.39. The highest BCUT2D eigenvalue weighted by molar-refractivity contribution is 7.93. The van der Waals surface area contributed by atoms with Gasteiger partial charge >= 0.3 is 0 Å². The van der Waals surface area contributed by atoms with Crippen LogP contribution in [0, 0.1) is 5.92 Å². The molecular weight excluding hydrogens is 324 g/mol. The van der Waals surface area contributed by atoms with Crippen LogP contribution in [0.15, 0.2) is 0 Å². The largest absolute Gasteiger partial charge is 0.340 e. The molecule has 1 N–H and O–H groups in total. The lowest BCUT2D eigenvalue weighted by atomic mass is 10.0. The molecule has 0 aromatic heterocycles. The van der Waals surface area contributed by atoms with Crippen LogP contribution in [0.5, 0.6) is 0 Å². The molecule has 0 radical (unpaired) electrons. The van der Waals surface area contributed by atoms with Crippen LogP contribution < -0.4 is 5.32 Å². The van der Waals surface area contributed by atoms with E-state index in [1.807, 2.05) is 18.7 Å². The number of carbonyl (C=O) groups excluding carboxylic acids is 1. The average Bonchev–Trinajstić information content (AvgIpc) is 2.86. The van der Waals surface area contributed by atoms with Crippen LogP contribution in [0.2, 0.25) is 0 Å². The molecule has 3 aliphatic rings. The summed E-state index contributed by atoms with van der Waals surface area (Å²) in [5.74, 6) is -0.317. The van der Waals surface area contributed by atoms with E-state index in [9.17, 15) is 13.2 Å². The Bertz CT molecular complexity index is 555. The first-order valence-corrected chi connectivity index (χ1v) is 11.3. The Hall–Kier alpha value is -0.620. The summed E-state index contributed by atoms with van der Waals surface area (Å²) in [5.41, 5.74) is 0. The molecule has 1 amide bonds. The second-order valence-electron chi connectivity index (χ2n) is 8.22. The van der Waals surface area contributed by atoms with Gasteiger partial charge in [0.25, 0.3) is 0 Å². The maximum atomic E-state index is 13.2. The fraction of sp³-hybridized carbons (Fsp3) is 0.944. The maximum absolute atomic E-state index is 13.2. The molecule has 1 aliphatic carbocycles. The number of likely N-dealkylation sites (tertiary alicyclic amines) is 1. The molecule has 3 atom stereocenters. The normalized spacial score (nSPS) is 30.4. The number of nitrogens with zero attached hydrogens (tertiary/aromatic N) is 1. The summed E-state index contributed by atoms with van der Waals surface area (Å²) in [6.07, 6.45) is 7.73. The molecule has 3 fully saturated rings. The van der Waals surface area contributed by atoms with Crippen molar-refractivity contribution in [2.75, 3.05) is 13.1 Å². The van der Waals surface area contributed by atoms with Gasteiger partial charge in [0.2, 0.25) is 5.91 Å². The number of sulfone groups is 1. The number of rotatable bonds is 4. The van der Waals surface area contributed by atoms with Gasteiger partial charge in [-0.2, -0.15) is 0 Å². The highest BCUT2D eigenvalue weighted by Gasteiger charge is 2.44. The van der Waals surface area contributed by atoms with Crippen molar-refractivity contribution in [1.29, 1.82) is 0 Å². The number of hydrogen-bond acceptors (Lipinski definition) is 4. The zero-order valence-corrected chi connectivity index (χ0v) is 15.9. The smallest absolute Gasteiger partial charge is 0.241 e. The van der Waals surface area contributed by atoms with Gasteiger partial charge in [-0.1, -0.05) is 33.1 Å². The predicted molar refractivity (Wildman–Crippen MR) is 95.6 cm³/mol. The van der Waals surface area contributed by atoms with Crippen molar-refractivity contribution >= 4 is 15.7 Å². The molecule has 2 heterocycles. The number of carbonyl (C=O) groups is 1. The van der Waals surface area contributed by atoms with E-state index in [0.29, 0.717) is 25.2 Å². The Labute approximate surface area is 146 Å². The van der Waals surface area contributed by atoms with Gasteiger partial charge in [0.1, 0.15) is 5.25 Å². The van der Waals surface area contributed by atoms with E-state index in [0.717, 1.165) is 44.9 Å². The molecule has 0 spiro atoms. The van der Waals surface area contributed by atoms with Crippen molar-refractivity contribution in [3.05, 3.63) is 0 Å². The van der Waals surface area contributed by atoms with Gasteiger partial charge in [-0.25, -0.2) is 8.42 Å². The van der Waals surface area contributed by atoms with Gasteiger partial charge < -0.3 is 10.2 Å². The van der Waals surface area contributed by atoms with Gasteiger partial charge in [0.15, 0.2) is 9.84 Å². The quantitative estimate of drug-likeness (QED) is 0.838. The molecule has 0 aromatic carbocycles. The van der Waals surface area contributed by atoms with Gasteiger partial charge in [0.05, 0.1) is 5.25 Å². The molecule has 2 bridgehead atoms. The first-order chi connectivity index (χ1) is 11.4. The highest BCUT2D eigenvalue weighted by Crippen LogP contribution is 2.30. The Morgan fingerprint density at radius 1 is 1.00 bits per heavy atom. The highest BCUT2D eigenvalue weighted by atomic mass is 32.2. The molecule has 6 heteroatoms. The van der Waals surface area contributed by atoms with Gasteiger partial charge in [-0.3, -0.25) is 4.79 Å². The van der Waals surface area contributed by atoms with Crippen molar-refractivity contribution in [3.63, 3.8) is 0 Å². The fourth-order valence-electron chi connectivity index (χ4n) is 4.73. The summed E-state index contributed by atoms with van der Waals surface area (Å²) in [6, 6.07) is 0.840. The summed E-state index contributed by atoms with van der Waals surface area (Å²) >= 11 is 0. The zero-order valence-electron chi connectivity index (χ0n) is 15.0. The van der Waals surface area contributed by atoms with Gasteiger partial charge in [-0.05, 0) is 38.0 Å². The first kappa shape index (κ1) is 18.2. The third-order valence-electron chi connectivity index (χ3n) is 6.05. The first-order valence-electron chi connectivity index (χ1n) is 9.67. The number of amides is 1. The van der Waals surface area contributed by atoms with Crippen LogP contribution in [-0.2, 0) is 14.6 Å². The summed E-state index contributed by atoms with van der Waals surface area (Å²) in [7, 11) is -3.41. The SMILES string of the molecule is CC(C)C(C(=O)N1CCC2CCC(C1)N2)S(=O)(=O)C1CCCCC1. The molecule has 3 rings (SSSR count). The monoisotopic (exact) mass is 356 g/mol. The molecule has 138 valence electrons. The van der Waals surface area contributed by atoms with E-state index < -0.39 is 15.1 Å². The Kier molecular flexibility index (Phi) is 5.55. The molecule has 2 saturated heterocycles. The van der Waals surface area contributed by atoms with Gasteiger partial charge in [0, 0.05) is 25.2 Å². The van der Waals surface area contributed by atoms with E-state index in [4.69, 9.17) is 0 Å². The van der Waals surface area contributed by atoms with Crippen molar-refractivity contribution in [1.82, 2.24) is 10.2 Å². The minimum Gasteiger partial charge on any atom is -0.340 e. The lowest BCUT2D eigenvalue weighted by Gasteiger charge is -2.33. The minimum atomic E-state index is -3.41. The maximum Gasteiger partial charge on any atom is 0.241 e. The molecule has 24 heavy (non-hydrogen) atoms. The van der Waals surface area contributed by atoms with Crippen molar-refractivity contribution in [3.8, 4) is 0 Å². The van der Waals surface area contributed by atoms with Crippen molar-refractivity contribution in [2.45, 2.75) is 87.8 Å². The predicted octanol–water partition coefficient (Wildman–Crippen LogP) is 2.11. The molecule has 3 unspecified atom stereocenters. The summed E-state index contributed by atoms with van der Waals surface area (Å²) in [6.45, 7) is 5.12. The van der Waals surface area contributed by atoms with Crippen LogP contribution in [0.3, 0.4) is 0 Å². The molecule has 2 aliphatic heterocycles. The van der Waals surface area contributed by atoms with Crippen molar-refractivity contribution in [2.24, 2.45) is 5.92 Å². The Morgan fingerprint density at radius 2 is 1.67 bits per heavy atom. The van der Waals surface area contributed by atoms with E-state index in [-0.39, 0.29) is 17.1 Å². The van der Waals surface area contributed by atoms with E-state index in [1.54, 1.807) is 0 Å². The third kappa shape index (κ3) is 3.64. The lowest BCUT2D eigenvalue weighted by molar-refractivity contribution is -0.131. The number of fused-ring (bicyclic) bond motifs is 2. The molecule has 1 saturated carbocycles. The summed E-state index contributed by atoms with van der Waals surface area (Å²) in [4.78, 5) is 15.0. The van der Waals surface area contributed by atoms with E-state index in [1.165, 1.54) is 6.42 Å². The average molecular weight is 357 g/mol. The second kappa shape index (κ2) is 7.32. The van der Waals surface area contributed by atoms with Gasteiger partial charge in [-0.15, -0.1) is 0 Å². The molecule has 5 nitrogen and oxygen atoms in total. The Morgan fingerprint density at radius 3 is 2.33 bits per heavy atom. The fourth-order valence-corrected chi connectivity index (χ4v) is 7.32. The van der Waals surface area contributed by atoms with E-state index >= 15 is 0 Å². The van der Waals surface area contributed by atoms with Crippen LogP contribution in [0.4, 0.5) is 0 Å².